The fourth-order valence-corrected chi connectivity index (χ4v) is 3.28. The Labute approximate surface area is 126 Å². The van der Waals surface area contributed by atoms with E-state index >= 15 is 0 Å². The number of rotatable bonds is 5. The molecule has 1 aliphatic rings. The highest BCUT2D eigenvalue weighted by Crippen LogP contribution is 2.29. The van der Waals surface area contributed by atoms with Crippen molar-refractivity contribution in [2.45, 2.75) is 52.0 Å². The van der Waals surface area contributed by atoms with Crippen molar-refractivity contribution >= 4 is 17.3 Å². The summed E-state index contributed by atoms with van der Waals surface area (Å²) in [6.45, 7) is 5.25. The van der Waals surface area contributed by atoms with Crippen molar-refractivity contribution in [3.05, 3.63) is 18.6 Å². The van der Waals surface area contributed by atoms with E-state index in [1.165, 1.54) is 32.1 Å². The van der Waals surface area contributed by atoms with Crippen LogP contribution in [0.5, 0.6) is 0 Å². The van der Waals surface area contributed by atoms with Gasteiger partial charge in [-0.05, 0) is 25.7 Å². The molecule has 21 heavy (non-hydrogen) atoms. The van der Waals surface area contributed by atoms with Gasteiger partial charge in [-0.15, -0.1) is 0 Å². The van der Waals surface area contributed by atoms with E-state index in [-0.39, 0.29) is 0 Å². The lowest BCUT2D eigenvalue weighted by Gasteiger charge is -2.29. The highest BCUT2D eigenvalue weighted by atomic mass is 15.2. The molecule has 0 bridgehead atoms. The Kier molecular flexibility index (Phi) is 4.27. The predicted octanol–water partition coefficient (Wildman–Crippen LogP) is 3.54. The molecule has 3 rings (SSSR count). The second-order valence-electron chi connectivity index (χ2n) is 5.95. The Hall–Kier alpha value is -1.78. The summed E-state index contributed by atoms with van der Waals surface area (Å²) in [5.74, 6) is 2.65. The van der Waals surface area contributed by atoms with Crippen molar-refractivity contribution in [3.63, 3.8) is 0 Å². The van der Waals surface area contributed by atoms with Crippen molar-refractivity contribution in [2.75, 3.05) is 17.2 Å². The standard InChI is InChI=1S/C16H25N5/c1-3-12-6-5-7-13(10-12)19-15-16-18-8-9-21(16)11-14(20-15)17-4-2/h8-9,11-13,17H,3-7,10H2,1-2H3,(H,19,20). The monoisotopic (exact) mass is 287 g/mol. The van der Waals surface area contributed by atoms with Gasteiger partial charge in [0.25, 0.3) is 0 Å². The van der Waals surface area contributed by atoms with Gasteiger partial charge in [0.15, 0.2) is 11.5 Å². The molecule has 2 unspecified atom stereocenters. The summed E-state index contributed by atoms with van der Waals surface area (Å²) in [5.41, 5.74) is 0.912. The summed E-state index contributed by atoms with van der Waals surface area (Å²) in [4.78, 5) is 9.14. The Morgan fingerprint density at radius 2 is 2.24 bits per heavy atom. The first-order chi connectivity index (χ1) is 10.3. The Morgan fingerprint density at radius 3 is 3.05 bits per heavy atom. The molecule has 114 valence electrons. The Morgan fingerprint density at radius 1 is 1.33 bits per heavy atom. The fraction of sp³-hybridized carbons (Fsp3) is 0.625. The molecular formula is C16H25N5. The Balaban J connectivity index is 1.83. The first-order valence-electron chi connectivity index (χ1n) is 8.14. The van der Waals surface area contributed by atoms with E-state index < -0.39 is 0 Å². The zero-order valence-corrected chi connectivity index (χ0v) is 13.0. The predicted molar refractivity (Wildman–Crippen MR) is 86.8 cm³/mol. The molecule has 0 amide bonds. The average Bonchev–Trinajstić information content (AvgIpc) is 2.96. The molecule has 2 N–H and O–H groups in total. The van der Waals surface area contributed by atoms with Crippen molar-refractivity contribution in [1.82, 2.24) is 14.4 Å². The number of nitrogens with one attached hydrogen (secondary N) is 2. The van der Waals surface area contributed by atoms with E-state index in [4.69, 9.17) is 4.98 Å². The summed E-state index contributed by atoms with van der Waals surface area (Å²) in [6.07, 6.45) is 12.2. The van der Waals surface area contributed by atoms with Crippen molar-refractivity contribution in [1.29, 1.82) is 0 Å². The van der Waals surface area contributed by atoms with Crippen molar-refractivity contribution in [2.24, 2.45) is 5.92 Å². The van der Waals surface area contributed by atoms with E-state index in [0.29, 0.717) is 6.04 Å². The molecular weight excluding hydrogens is 262 g/mol. The van der Waals surface area contributed by atoms with Crippen LogP contribution in [0.25, 0.3) is 5.65 Å². The third kappa shape index (κ3) is 3.12. The lowest BCUT2D eigenvalue weighted by atomic mass is 9.84. The number of aromatic nitrogens is 3. The molecule has 0 saturated heterocycles. The number of hydrogen-bond acceptors (Lipinski definition) is 4. The minimum absolute atomic E-state index is 0.522. The van der Waals surface area contributed by atoms with Crippen LogP contribution < -0.4 is 10.6 Å². The summed E-state index contributed by atoms with van der Waals surface area (Å²) >= 11 is 0. The third-order valence-electron chi connectivity index (χ3n) is 4.43. The summed E-state index contributed by atoms with van der Waals surface area (Å²) in [7, 11) is 0. The molecule has 2 aromatic heterocycles. The molecule has 0 aliphatic heterocycles. The number of hydrogen-bond donors (Lipinski definition) is 2. The maximum atomic E-state index is 4.70. The van der Waals surface area contributed by atoms with Crippen LogP contribution in [0.15, 0.2) is 18.6 Å². The summed E-state index contributed by atoms with van der Waals surface area (Å²) < 4.78 is 2.04. The van der Waals surface area contributed by atoms with E-state index in [2.05, 4.69) is 29.5 Å². The van der Waals surface area contributed by atoms with Crippen molar-refractivity contribution < 1.29 is 0 Å². The molecule has 0 aromatic carbocycles. The summed E-state index contributed by atoms with van der Waals surface area (Å²) in [5, 5.41) is 6.93. The normalized spacial score (nSPS) is 22.4. The highest BCUT2D eigenvalue weighted by molar-refractivity contribution is 5.65. The number of fused-ring (bicyclic) bond motifs is 1. The van der Waals surface area contributed by atoms with Crippen LogP contribution in [-0.2, 0) is 0 Å². The third-order valence-corrected chi connectivity index (χ3v) is 4.43. The van der Waals surface area contributed by atoms with E-state index in [0.717, 1.165) is 29.7 Å². The Bertz CT molecular complexity index is 591. The van der Waals surface area contributed by atoms with E-state index in [1.807, 2.05) is 23.0 Å². The van der Waals surface area contributed by atoms with Gasteiger partial charge in [-0.25, -0.2) is 9.97 Å². The van der Waals surface area contributed by atoms with Crippen LogP contribution in [0, 0.1) is 5.92 Å². The quantitative estimate of drug-likeness (QED) is 0.883. The summed E-state index contributed by atoms with van der Waals surface area (Å²) in [6, 6.07) is 0.522. The van der Waals surface area contributed by atoms with E-state index in [9.17, 15) is 0 Å². The second kappa shape index (κ2) is 6.33. The van der Waals surface area contributed by atoms with Gasteiger partial charge >= 0.3 is 0 Å². The van der Waals surface area contributed by atoms with Crippen LogP contribution in [0.1, 0.15) is 46.0 Å². The van der Waals surface area contributed by atoms with Gasteiger partial charge in [0.1, 0.15) is 5.82 Å². The van der Waals surface area contributed by atoms with Gasteiger partial charge in [0.05, 0.1) is 6.20 Å². The fourth-order valence-electron chi connectivity index (χ4n) is 3.28. The van der Waals surface area contributed by atoms with Crippen LogP contribution in [0.4, 0.5) is 11.6 Å². The molecule has 2 atom stereocenters. The van der Waals surface area contributed by atoms with Crippen molar-refractivity contribution in [3.8, 4) is 0 Å². The molecule has 1 saturated carbocycles. The largest absolute Gasteiger partial charge is 0.369 e. The van der Waals surface area contributed by atoms with Crippen LogP contribution in [0.3, 0.4) is 0 Å². The number of imidazole rings is 1. The van der Waals surface area contributed by atoms with Crippen LogP contribution in [-0.4, -0.2) is 27.0 Å². The topological polar surface area (TPSA) is 54.2 Å². The van der Waals surface area contributed by atoms with Gasteiger partial charge in [-0.2, -0.15) is 0 Å². The molecule has 0 radical (unpaired) electrons. The maximum Gasteiger partial charge on any atom is 0.180 e. The second-order valence-corrected chi connectivity index (χ2v) is 5.95. The first kappa shape index (κ1) is 14.2. The van der Waals surface area contributed by atoms with Gasteiger partial charge < -0.3 is 15.0 Å². The molecule has 1 aliphatic carbocycles. The minimum Gasteiger partial charge on any atom is -0.369 e. The molecule has 2 aromatic rings. The first-order valence-corrected chi connectivity index (χ1v) is 8.14. The number of anilines is 2. The molecule has 2 heterocycles. The minimum atomic E-state index is 0.522. The molecule has 5 heteroatoms. The zero-order chi connectivity index (χ0) is 14.7. The molecule has 0 spiro atoms. The van der Waals surface area contributed by atoms with Gasteiger partial charge in [0, 0.05) is 25.0 Å². The number of nitrogens with zero attached hydrogens (tertiary/aromatic N) is 3. The van der Waals surface area contributed by atoms with Gasteiger partial charge in [0.2, 0.25) is 0 Å². The van der Waals surface area contributed by atoms with E-state index in [1.54, 1.807) is 0 Å². The highest BCUT2D eigenvalue weighted by Gasteiger charge is 2.22. The van der Waals surface area contributed by atoms with Crippen LogP contribution in [0.2, 0.25) is 0 Å². The van der Waals surface area contributed by atoms with Gasteiger partial charge in [-0.1, -0.05) is 26.2 Å². The SMILES string of the molecule is CCNc1cn2ccnc2c(NC2CCCC(CC)C2)n1. The lowest BCUT2D eigenvalue weighted by molar-refractivity contribution is 0.327. The maximum absolute atomic E-state index is 4.70. The zero-order valence-electron chi connectivity index (χ0n) is 13.0. The van der Waals surface area contributed by atoms with Gasteiger partial charge in [-0.3, -0.25) is 0 Å². The molecule has 5 nitrogen and oxygen atoms in total. The lowest BCUT2D eigenvalue weighted by Crippen LogP contribution is -2.28. The smallest absolute Gasteiger partial charge is 0.180 e. The van der Waals surface area contributed by atoms with Crippen LogP contribution >= 0.6 is 0 Å². The molecule has 1 fully saturated rings. The average molecular weight is 287 g/mol.